The third kappa shape index (κ3) is 1.59. The molecule has 0 saturated heterocycles. The van der Waals surface area contributed by atoms with Crippen LogP contribution in [0.15, 0.2) is 36.7 Å². The Balaban J connectivity index is 2.65. The predicted molar refractivity (Wildman–Crippen MR) is 55.7 cm³/mol. The van der Waals surface area contributed by atoms with E-state index in [4.69, 9.17) is 5.11 Å². The monoisotopic (exact) mass is 183 g/mol. The van der Waals surface area contributed by atoms with Gasteiger partial charge < -0.3 is 5.11 Å². The minimum absolute atomic E-state index is 0.122. The van der Waals surface area contributed by atoms with E-state index in [2.05, 4.69) is 16.8 Å². The van der Waals surface area contributed by atoms with Crippen molar-refractivity contribution in [2.75, 3.05) is 6.61 Å². The van der Waals surface area contributed by atoms with Crippen LogP contribution in [0.1, 0.15) is 5.56 Å². The molecule has 0 saturated carbocycles. The SMILES string of the molecule is OCC#Cc1cncc2ccccc12. The van der Waals surface area contributed by atoms with Gasteiger partial charge in [0, 0.05) is 23.2 Å². The van der Waals surface area contributed by atoms with Crippen molar-refractivity contribution in [3.8, 4) is 11.8 Å². The van der Waals surface area contributed by atoms with Crippen molar-refractivity contribution < 1.29 is 5.11 Å². The van der Waals surface area contributed by atoms with Gasteiger partial charge in [0.1, 0.15) is 6.61 Å². The standard InChI is InChI=1S/C12H9NO/c14-7-3-5-11-9-13-8-10-4-1-2-6-12(10)11/h1-2,4,6,8-9,14H,7H2. The zero-order valence-electron chi connectivity index (χ0n) is 7.57. The van der Waals surface area contributed by atoms with E-state index in [1.54, 1.807) is 12.4 Å². The number of hydrogen-bond donors (Lipinski definition) is 1. The first-order valence-electron chi connectivity index (χ1n) is 4.34. The number of fused-ring (bicyclic) bond motifs is 1. The summed E-state index contributed by atoms with van der Waals surface area (Å²) < 4.78 is 0. The Morgan fingerprint density at radius 2 is 2.07 bits per heavy atom. The summed E-state index contributed by atoms with van der Waals surface area (Å²) in [5.74, 6) is 5.50. The van der Waals surface area contributed by atoms with Crippen LogP contribution >= 0.6 is 0 Å². The molecule has 14 heavy (non-hydrogen) atoms. The third-order valence-electron chi connectivity index (χ3n) is 1.97. The van der Waals surface area contributed by atoms with Crippen molar-refractivity contribution in [2.24, 2.45) is 0 Å². The summed E-state index contributed by atoms with van der Waals surface area (Å²) in [4.78, 5) is 4.08. The van der Waals surface area contributed by atoms with Crippen molar-refractivity contribution in [1.82, 2.24) is 4.98 Å². The number of aromatic nitrogens is 1. The van der Waals surface area contributed by atoms with Crippen LogP contribution in [-0.4, -0.2) is 16.7 Å². The zero-order valence-corrected chi connectivity index (χ0v) is 7.57. The van der Waals surface area contributed by atoms with Crippen LogP contribution in [0.25, 0.3) is 10.8 Å². The Kier molecular flexibility index (Phi) is 2.44. The van der Waals surface area contributed by atoms with Gasteiger partial charge in [0.2, 0.25) is 0 Å². The van der Waals surface area contributed by atoms with Crippen molar-refractivity contribution in [1.29, 1.82) is 0 Å². The van der Waals surface area contributed by atoms with Crippen molar-refractivity contribution in [3.63, 3.8) is 0 Å². The lowest BCUT2D eigenvalue weighted by atomic mass is 10.1. The summed E-state index contributed by atoms with van der Waals surface area (Å²) in [5, 5.41) is 10.7. The molecule has 1 aromatic carbocycles. The summed E-state index contributed by atoms with van der Waals surface area (Å²) in [6, 6.07) is 7.92. The van der Waals surface area contributed by atoms with Gasteiger partial charge in [0.25, 0.3) is 0 Å². The Morgan fingerprint density at radius 1 is 1.21 bits per heavy atom. The molecule has 68 valence electrons. The van der Waals surface area contributed by atoms with Gasteiger partial charge in [-0.25, -0.2) is 0 Å². The molecule has 0 unspecified atom stereocenters. The van der Waals surface area contributed by atoms with Gasteiger partial charge in [0.15, 0.2) is 0 Å². The molecule has 0 atom stereocenters. The molecule has 0 aliphatic heterocycles. The number of aliphatic hydroxyl groups is 1. The van der Waals surface area contributed by atoms with Crippen molar-refractivity contribution >= 4 is 10.8 Å². The van der Waals surface area contributed by atoms with E-state index in [9.17, 15) is 0 Å². The Morgan fingerprint density at radius 3 is 2.93 bits per heavy atom. The minimum atomic E-state index is -0.122. The number of benzene rings is 1. The van der Waals surface area contributed by atoms with Gasteiger partial charge in [0.05, 0.1) is 5.56 Å². The van der Waals surface area contributed by atoms with Gasteiger partial charge in [-0.3, -0.25) is 4.98 Å². The average molecular weight is 183 g/mol. The molecule has 2 aromatic rings. The quantitative estimate of drug-likeness (QED) is 0.629. The second-order valence-electron chi connectivity index (χ2n) is 2.87. The molecule has 0 fully saturated rings. The van der Waals surface area contributed by atoms with E-state index in [0.29, 0.717) is 0 Å². The molecule has 2 rings (SSSR count). The van der Waals surface area contributed by atoms with Gasteiger partial charge in [-0.05, 0) is 0 Å². The fourth-order valence-corrected chi connectivity index (χ4v) is 1.35. The highest BCUT2D eigenvalue weighted by molar-refractivity contribution is 5.87. The highest BCUT2D eigenvalue weighted by Gasteiger charge is 1.96. The second-order valence-corrected chi connectivity index (χ2v) is 2.87. The molecule has 2 nitrogen and oxygen atoms in total. The average Bonchev–Trinajstić information content (AvgIpc) is 2.26. The van der Waals surface area contributed by atoms with Crippen LogP contribution in [0.2, 0.25) is 0 Å². The van der Waals surface area contributed by atoms with Gasteiger partial charge >= 0.3 is 0 Å². The molecule has 0 amide bonds. The second kappa shape index (κ2) is 3.91. The molecule has 1 heterocycles. The maximum Gasteiger partial charge on any atom is 0.104 e. The van der Waals surface area contributed by atoms with Crippen LogP contribution in [0.5, 0.6) is 0 Å². The Labute approximate surface area is 82.2 Å². The lowest BCUT2D eigenvalue weighted by molar-refractivity contribution is 0.350. The molecule has 0 aliphatic carbocycles. The minimum Gasteiger partial charge on any atom is -0.384 e. The van der Waals surface area contributed by atoms with Gasteiger partial charge in [-0.15, -0.1) is 0 Å². The summed E-state index contributed by atoms with van der Waals surface area (Å²) in [7, 11) is 0. The smallest absolute Gasteiger partial charge is 0.104 e. The Bertz CT molecular complexity index is 503. The summed E-state index contributed by atoms with van der Waals surface area (Å²) in [6.45, 7) is -0.122. The van der Waals surface area contributed by atoms with Crippen molar-refractivity contribution in [2.45, 2.75) is 0 Å². The van der Waals surface area contributed by atoms with E-state index in [0.717, 1.165) is 16.3 Å². The van der Waals surface area contributed by atoms with Crippen LogP contribution in [0.4, 0.5) is 0 Å². The summed E-state index contributed by atoms with van der Waals surface area (Å²) in [6.07, 6.45) is 3.52. The maximum absolute atomic E-state index is 8.61. The highest BCUT2D eigenvalue weighted by Crippen LogP contribution is 2.15. The number of nitrogens with zero attached hydrogens (tertiary/aromatic N) is 1. The van der Waals surface area contributed by atoms with E-state index >= 15 is 0 Å². The fraction of sp³-hybridized carbons (Fsp3) is 0.0833. The van der Waals surface area contributed by atoms with Crippen LogP contribution in [0, 0.1) is 11.8 Å². The van der Waals surface area contributed by atoms with Crippen molar-refractivity contribution in [3.05, 3.63) is 42.2 Å². The molecule has 1 N–H and O–H groups in total. The van der Waals surface area contributed by atoms with Crippen LogP contribution in [-0.2, 0) is 0 Å². The first-order chi connectivity index (χ1) is 6.92. The summed E-state index contributed by atoms with van der Waals surface area (Å²) in [5.41, 5.74) is 0.858. The lowest BCUT2D eigenvalue weighted by Crippen LogP contribution is -1.82. The van der Waals surface area contributed by atoms with E-state index in [1.165, 1.54) is 0 Å². The fourth-order valence-electron chi connectivity index (χ4n) is 1.35. The van der Waals surface area contributed by atoms with E-state index in [1.807, 2.05) is 24.3 Å². The number of hydrogen-bond acceptors (Lipinski definition) is 2. The first-order valence-corrected chi connectivity index (χ1v) is 4.34. The maximum atomic E-state index is 8.61. The first kappa shape index (κ1) is 8.74. The summed E-state index contributed by atoms with van der Waals surface area (Å²) >= 11 is 0. The Hall–Kier alpha value is -1.85. The number of pyridine rings is 1. The molecule has 0 spiro atoms. The third-order valence-corrected chi connectivity index (χ3v) is 1.97. The van der Waals surface area contributed by atoms with Crippen LogP contribution < -0.4 is 0 Å². The molecule has 1 aromatic heterocycles. The molecule has 0 radical (unpaired) electrons. The lowest BCUT2D eigenvalue weighted by Gasteiger charge is -1.98. The zero-order chi connectivity index (χ0) is 9.80. The molecular weight excluding hydrogens is 174 g/mol. The van der Waals surface area contributed by atoms with Crippen LogP contribution in [0.3, 0.4) is 0 Å². The predicted octanol–water partition coefficient (Wildman–Crippen LogP) is 1.58. The molecule has 2 heteroatoms. The van der Waals surface area contributed by atoms with E-state index in [-0.39, 0.29) is 6.61 Å². The normalized spacial score (nSPS) is 9.50. The largest absolute Gasteiger partial charge is 0.384 e. The number of rotatable bonds is 0. The number of aliphatic hydroxyl groups excluding tert-OH is 1. The molecular formula is C12H9NO. The molecule has 0 bridgehead atoms. The van der Waals surface area contributed by atoms with E-state index < -0.39 is 0 Å². The highest BCUT2D eigenvalue weighted by atomic mass is 16.2. The van der Waals surface area contributed by atoms with Gasteiger partial charge in [-0.1, -0.05) is 36.1 Å². The molecule has 0 aliphatic rings. The van der Waals surface area contributed by atoms with Gasteiger partial charge in [-0.2, -0.15) is 0 Å². The topological polar surface area (TPSA) is 33.1 Å².